The van der Waals surface area contributed by atoms with Gasteiger partial charge in [0.2, 0.25) is 0 Å². The largest absolute Gasteiger partial charge is 0.378 e. The Morgan fingerprint density at radius 2 is 1.78 bits per heavy atom. The zero-order valence-corrected chi connectivity index (χ0v) is 10.2. The fraction of sp³-hybridized carbons (Fsp3) is 0.250. The number of rotatable bonds is 2. The molecule has 0 saturated carbocycles. The second-order valence-electron chi connectivity index (χ2n) is 4.79. The number of nitrogens with one attached hydrogen (secondary N) is 1. The minimum Gasteiger partial charge on any atom is -0.378 e. The van der Waals surface area contributed by atoms with Gasteiger partial charge < -0.3 is 5.32 Å². The number of aryl methyl sites for hydroxylation is 1. The van der Waals surface area contributed by atoms with Crippen LogP contribution in [0.25, 0.3) is 0 Å². The van der Waals surface area contributed by atoms with Crippen LogP contribution >= 0.6 is 0 Å². The second kappa shape index (κ2) is 4.81. The Morgan fingerprint density at radius 3 is 2.61 bits per heavy atom. The molecule has 0 amide bonds. The summed E-state index contributed by atoms with van der Waals surface area (Å²) in [4.78, 5) is 0. The van der Waals surface area contributed by atoms with Gasteiger partial charge >= 0.3 is 0 Å². The van der Waals surface area contributed by atoms with Crippen molar-refractivity contribution in [2.75, 3.05) is 5.32 Å². The molecular weight excluding hydrogens is 225 g/mol. The number of hydrogen-bond donors (Lipinski definition) is 1. The highest BCUT2D eigenvalue weighted by atomic mass is 19.1. The van der Waals surface area contributed by atoms with Crippen molar-refractivity contribution in [3.8, 4) is 0 Å². The number of halogens is 1. The number of hydrogen-bond acceptors (Lipinski definition) is 1. The first-order chi connectivity index (χ1) is 8.83. The summed E-state index contributed by atoms with van der Waals surface area (Å²) in [6.07, 6.45) is 3.50. The molecule has 18 heavy (non-hydrogen) atoms. The van der Waals surface area contributed by atoms with Crippen LogP contribution in [-0.2, 0) is 6.42 Å². The predicted octanol–water partition coefficient (Wildman–Crippen LogP) is 4.32. The van der Waals surface area contributed by atoms with Crippen LogP contribution in [0.2, 0.25) is 0 Å². The molecular formula is C16H16FN. The van der Waals surface area contributed by atoms with Crippen molar-refractivity contribution in [2.45, 2.75) is 25.3 Å². The van der Waals surface area contributed by atoms with E-state index >= 15 is 0 Å². The first kappa shape index (κ1) is 11.3. The van der Waals surface area contributed by atoms with Gasteiger partial charge in [0.15, 0.2) is 0 Å². The first-order valence-electron chi connectivity index (χ1n) is 6.43. The zero-order chi connectivity index (χ0) is 12.4. The van der Waals surface area contributed by atoms with E-state index in [1.807, 2.05) is 0 Å². The molecule has 1 aliphatic carbocycles. The maximum absolute atomic E-state index is 12.9. The van der Waals surface area contributed by atoms with Gasteiger partial charge in [0.1, 0.15) is 5.82 Å². The van der Waals surface area contributed by atoms with E-state index in [0.29, 0.717) is 6.04 Å². The van der Waals surface area contributed by atoms with Crippen LogP contribution in [0, 0.1) is 5.82 Å². The monoisotopic (exact) mass is 241 g/mol. The predicted molar refractivity (Wildman–Crippen MR) is 72.1 cm³/mol. The van der Waals surface area contributed by atoms with Gasteiger partial charge in [-0.1, -0.05) is 24.3 Å². The van der Waals surface area contributed by atoms with Gasteiger partial charge in [0.25, 0.3) is 0 Å². The van der Waals surface area contributed by atoms with Crippen LogP contribution < -0.4 is 5.32 Å². The lowest BCUT2D eigenvalue weighted by molar-refractivity contribution is 0.599. The molecule has 0 aliphatic heterocycles. The standard InChI is InChI=1S/C16H16FN/c17-13-8-10-14(11-9-13)18-16-7-3-5-12-4-1-2-6-15(12)16/h1-2,4,6,8-11,16,18H,3,5,7H2. The molecule has 0 aromatic heterocycles. The third kappa shape index (κ3) is 2.23. The Hall–Kier alpha value is -1.83. The van der Waals surface area contributed by atoms with E-state index in [9.17, 15) is 4.39 Å². The third-order valence-corrected chi connectivity index (χ3v) is 3.55. The highest BCUT2D eigenvalue weighted by molar-refractivity contribution is 5.47. The molecule has 1 unspecified atom stereocenters. The molecule has 0 radical (unpaired) electrons. The van der Waals surface area contributed by atoms with Gasteiger partial charge in [-0.05, 0) is 54.7 Å². The first-order valence-corrected chi connectivity index (χ1v) is 6.43. The van der Waals surface area contributed by atoms with Gasteiger partial charge in [-0.2, -0.15) is 0 Å². The lowest BCUT2D eigenvalue weighted by Gasteiger charge is -2.27. The summed E-state index contributed by atoms with van der Waals surface area (Å²) in [5.41, 5.74) is 3.80. The quantitative estimate of drug-likeness (QED) is 0.825. The van der Waals surface area contributed by atoms with Crippen LogP contribution in [0.15, 0.2) is 48.5 Å². The van der Waals surface area contributed by atoms with Crippen molar-refractivity contribution in [2.24, 2.45) is 0 Å². The fourth-order valence-electron chi connectivity index (χ4n) is 2.65. The zero-order valence-electron chi connectivity index (χ0n) is 10.2. The molecule has 1 aliphatic rings. The summed E-state index contributed by atoms with van der Waals surface area (Å²) in [5, 5.41) is 3.50. The molecule has 2 aromatic rings. The molecule has 2 heteroatoms. The number of anilines is 1. The molecule has 2 aromatic carbocycles. The highest BCUT2D eigenvalue weighted by Gasteiger charge is 2.19. The minimum atomic E-state index is -0.190. The Labute approximate surface area is 107 Å². The lowest BCUT2D eigenvalue weighted by Crippen LogP contribution is -2.17. The van der Waals surface area contributed by atoms with E-state index in [-0.39, 0.29) is 5.82 Å². The average molecular weight is 241 g/mol. The summed E-state index contributed by atoms with van der Waals surface area (Å²) < 4.78 is 12.9. The minimum absolute atomic E-state index is 0.190. The van der Waals surface area contributed by atoms with E-state index in [1.54, 1.807) is 12.1 Å². The molecule has 0 heterocycles. The Balaban J connectivity index is 1.84. The SMILES string of the molecule is Fc1ccc(NC2CCCc3ccccc32)cc1. The maximum atomic E-state index is 12.9. The smallest absolute Gasteiger partial charge is 0.123 e. The van der Waals surface area contributed by atoms with Gasteiger partial charge in [0.05, 0.1) is 6.04 Å². The topological polar surface area (TPSA) is 12.0 Å². The van der Waals surface area contributed by atoms with Gasteiger partial charge in [-0.3, -0.25) is 0 Å². The van der Waals surface area contributed by atoms with E-state index in [1.165, 1.54) is 29.7 Å². The fourth-order valence-corrected chi connectivity index (χ4v) is 2.65. The summed E-state index contributed by atoms with van der Waals surface area (Å²) in [5.74, 6) is -0.190. The van der Waals surface area contributed by atoms with Crippen LogP contribution in [-0.4, -0.2) is 0 Å². The van der Waals surface area contributed by atoms with Crippen LogP contribution in [0.1, 0.15) is 30.0 Å². The number of fused-ring (bicyclic) bond motifs is 1. The summed E-state index contributed by atoms with van der Waals surface area (Å²) in [6, 6.07) is 15.5. The Morgan fingerprint density at radius 1 is 1.00 bits per heavy atom. The summed E-state index contributed by atoms with van der Waals surface area (Å²) in [7, 11) is 0. The van der Waals surface area contributed by atoms with Crippen molar-refractivity contribution in [3.05, 3.63) is 65.5 Å². The Kier molecular flexibility index (Phi) is 3.01. The van der Waals surface area contributed by atoms with E-state index in [2.05, 4.69) is 29.6 Å². The van der Waals surface area contributed by atoms with Crippen molar-refractivity contribution in [3.63, 3.8) is 0 Å². The molecule has 3 rings (SSSR count). The molecule has 1 nitrogen and oxygen atoms in total. The van der Waals surface area contributed by atoms with Crippen LogP contribution in [0.3, 0.4) is 0 Å². The van der Waals surface area contributed by atoms with Gasteiger partial charge in [-0.15, -0.1) is 0 Å². The van der Waals surface area contributed by atoms with E-state index in [0.717, 1.165) is 18.5 Å². The molecule has 1 atom stereocenters. The molecule has 0 fully saturated rings. The normalized spacial score (nSPS) is 18.2. The van der Waals surface area contributed by atoms with Crippen LogP contribution in [0.4, 0.5) is 10.1 Å². The highest BCUT2D eigenvalue weighted by Crippen LogP contribution is 2.32. The van der Waals surface area contributed by atoms with Crippen molar-refractivity contribution in [1.82, 2.24) is 0 Å². The Bertz CT molecular complexity index is 533. The van der Waals surface area contributed by atoms with Crippen molar-refractivity contribution < 1.29 is 4.39 Å². The van der Waals surface area contributed by atoms with E-state index < -0.39 is 0 Å². The maximum Gasteiger partial charge on any atom is 0.123 e. The molecule has 0 saturated heterocycles. The van der Waals surface area contributed by atoms with Crippen molar-refractivity contribution in [1.29, 1.82) is 0 Å². The molecule has 0 bridgehead atoms. The van der Waals surface area contributed by atoms with E-state index in [4.69, 9.17) is 0 Å². The number of benzene rings is 2. The third-order valence-electron chi connectivity index (χ3n) is 3.55. The lowest BCUT2D eigenvalue weighted by atomic mass is 9.87. The average Bonchev–Trinajstić information content (AvgIpc) is 2.42. The van der Waals surface area contributed by atoms with Gasteiger partial charge in [0, 0.05) is 5.69 Å². The molecule has 0 spiro atoms. The summed E-state index contributed by atoms with van der Waals surface area (Å²) in [6.45, 7) is 0. The van der Waals surface area contributed by atoms with Crippen LogP contribution in [0.5, 0.6) is 0 Å². The molecule has 92 valence electrons. The van der Waals surface area contributed by atoms with Crippen molar-refractivity contribution >= 4 is 5.69 Å². The van der Waals surface area contributed by atoms with Gasteiger partial charge in [-0.25, -0.2) is 4.39 Å². The summed E-state index contributed by atoms with van der Waals surface area (Å²) >= 11 is 0. The second-order valence-corrected chi connectivity index (χ2v) is 4.79. The molecule has 1 N–H and O–H groups in total.